The second kappa shape index (κ2) is 7.78. The van der Waals surface area contributed by atoms with Gasteiger partial charge in [-0.1, -0.05) is 12.5 Å². The van der Waals surface area contributed by atoms with Crippen LogP contribution in [0.4, 0.5) is 4.79 Å². The maximum absolute atomic E-state index is 11.4. The number of carbonyl (C=O) groups excluding carboxylic acids is 3. The molecule has 0 bridgehead atoms. The molecular formula is C14H18N2O4S. The molecule has 2 N–H and O–H groups in total. The highest BCUT2D eigenvalue weighted by atomic mass is 32.1. The summed E-state index contributed by atoms with van der Waals surface area (Å²) in [5.41, 5.74) is 0. The molecule has 114 valence electrons. The van der Waals surface area contributed by atoms with Crippen LogP contribution in [0.5, 0.6) is 0 Å². The highest BCUT2D eigenvalue weighted by Crippen LogP contribution is 2.27. The van der Waals surface area contributed by atoms with Gasteiger partial charge in [0.15, 0.2) is 6.61 Å². The van der Waals surface area contributed by atoms with Crippen molar-refractivity contribution in [3.8, 4) is 0 Å². The van der Waals surface area contributed by atoms with Gasteiger partial charge in [0.05, 0.1) is 5.92 Å². The first-order valence-corrected chi connectivity index (χ1v) is 7.80. The minimum absolute atomic E-state index is 0.0718. The smallest absolute Gasteiger partial charge is 0.321 e. The quantitative estimate of drug-likeness (QED) is 0.779. The van der Waals surface area contributed by atoms with Gasteiger partial charge >= 0.3 is 12.0 Å². The number of rotatable bonds is 6. The van der Waals surface area contributed by atoms with E-state index in [0.29, 0.717) is 6.54 Å². The van der Waals surface area contributed by atoms with Crippen LogP contribution in [-0.4, -0.2) is 31.1 Å². The van der Waals surface area contributed by atoms with Gasteiger partial charge in [0, 0.05) is 11.4 Å². The van der Waals surface area contributed by atoms with Gasteiger partial charge in [0.25, 0.3) is 5.91 Å². The van der Waals surface area contributed by atoms with E-state index < -0.39 is 18.5 Å². The maximum atomic E-state index is 11.4. The molecule has 1 fully saturated rings. The lowest BCUT2D eigenvalue weighted by Crippen LogP contribution is -2.42. The molecule has 0 spiro atoms. The summed E-state index contributed by atoms with van der Waals surface area (Å²) in [6.45, 7) is 0.0369. The molecule has 0 saturated heterocycles. The lowest BCUT2D eigenvalue weighted by atomic mass is 9.86. The van der Waals surface area contributed by atoms with E-state index in [2.05, 4.69) is 10.6 Å². The number of amides is 3. The molecule has 1 aliphatic carbocycles. The summed E-state index contributed by atoms with van der Waals surface area (Å²) in [5.74, 6) is -1.04. The van der Waals surface area contributed by atoms with Crippen LogP contribution in [0.25, 0.3) is 0 Å². The number of imide groups is 1. The van der Waals surface area contributed by atoms with Gasteiger partial charge < -0.3 is 10.1 Å². The second-order valence-electron chi connectivity index (χ2n) is 4.87. The molecule has 2 rings (SSSR count). The standard InChI is InChI=1S/C14H18N2O4S/c17-12(9-20-13(18)10-3-1-4-10)16-14(19)15-7-6-11-5-2-8-21-11/h2,5,8,10H,1,3-4,6-7,9H2,(H2,15,16,17,19). The second-order valence-corrected chi connectivity index (χ2v) is 5.90. The predicted molar refractivity (Wildman–Crippen MR) is 77.9 cm³/mol. The fourth-order valence-electron chi connectivity index (χ4n) is 1.86. The van der Waals surface area contributed by atoms with Gasteiger partial charge in [-0.2, -0.15) is 0 Å². The molecular weight excluding hydrogens is 292 g/mol. The van der Waals surface area contributed by atoms with Crippen molar-refractivity contribution in [2.24, 2.45) is 5.92 Å². The molecule has 1 heterocycles. The van der Waals surface area contributed by atoms with E-state index in [1.54, 1.807) is 11.3 Å². The number of nitrogens with one attached hydrogen (secondary N) is 2. The average Bonchev–Trinajstić information content (AvgIpc) is 2.87. The fourth-order valence-corrected chi connectivity index (χ4v) is 2.57. The third-order valence-corrected chi connectivity index (χ3v) is 4.21. The van der Waals surface area contributed by atoms with Crippen molar-refractivity contribution in [3.63, 3.8) is 0 Å². The van der Waals surface area contributed by atoms with E-state index in [4.69, 9.17) is 4.74 Å². The number of carbonyl (C=O) groups is 3. The molecule has 3 amide bonds. The van der Waals surface area contributed by atoms with E-state index >= 15 is 0 Å². The van der Waals surface area contributed by atoms with E-state index in [0.717, 1.165) is 30.6 Å². The first-order chi connectivity index (χ1) is 10.1. The molecule has 0 atom stereocenters. The van der Waals surface area contributed by atoms with Crippen LogP contribution in [0.3, 0.4) is 0 Å². The van der Waals surface area contributed by atoms with Crippen molar-refractivity contribution < 1.29 is 19.1 Å². The summed E-state index contributed by atoms with van der Waals surface area (Å²) >= 11 is 1.61. The molecule has 6 nitrogen and oxygen atoms in total. The van der Waals surface area contributed by atoms with Crippen molar-refractivity contribution in [1.29, 1.82) is 0 Å². The first kappa shape index (κ1) is 15.5. The Hall–Kier alpha value is -1.89. The summed E-state index contributed by atoms with van der Waals surface area (Å²) in [7, 11) is 0. The number of ether oxygens (including phenoxy) is 1. The summed E-state index contributed by atoms with van der Waals surface area (Å²) in [4.78, 5) is 35.5. The number of hydrogen-bond donors (Lipinski definition) is 2. The maximum Gasteiger partial charge on any atom is 0.321 e. The van der Waals surface area contributed by atoms with Gasteiger partial charge in [0.1, 0.15) is 0 Å². The Kier molecular flexibility index (Phi) is 5.74. The number of esters is 1. The highest BCUT2D eigenvalue weighted by Gasteiger charge is 2.27. The van der Waals surface area contributed by atoms with Crippen LogP contribution in [0.15, 0.2) is 17.5 Å². The van der Waals surface area contributed by atoms with Crippen molar-refractivity contribution in [3.05, 3.63) is 22.4 Å². The Morgan fingerprint density at radius 1 is 1.33 bits per heavy atom. The van der Waals surface area contributed by atoms with Crippen LogP contribution in [0.1, 0.15) is 24.1 Å². The van der Waals surface area contributed by atoms with Crippen LogP contribution in [0.2, 0.25) is 0 Å². The van der Waals surface area contributed by atoms with Crippen molar-refractivity contribution in [1.82, 2.24) is 10.6 Å². The summed E-state index contributed by atoms with van der Waals surface area (Å²) in [5, 5.41) is 6.68. The SMILES string of the molecule is O=C(COC(=O)C1CCC1)NC(=O)NCCc1cccs1. The minimum atomic E-state index is -0.615. The molecule has 1 aromatic rings. The lowest BCUT2D eigenvalue weighted by molar-refractivity contribution is -0.154. The van der Waals surface area contributed by atoms with E-state index in [9.17, 15) is 14.4 Å². The molecule has 1 aliphatic rings. The van der Waals surface area contributed by atoms with Gasteiger partial charge in [-0.15, -0.1) is 11.3 Å². The zero-order valence-electron chi connectivity index (χ0n) is 11.6. The van der Waals surface area contributed by atoms with Crippen LogP contribution in [-0.2, 0) is 20.7 Å². The molecule has 0 unspecified atom stereocenters. The normalized spacial score (nSPS) is 14.1. The minimum Gasteiger partial charge on any atom is -0.455 e. The van der Waals surface area contributed by atoms with Crippen molar-refractivity contribution in [2.75, 3.05) is 13.2 Å². The Morgan fingerprint density at radius 3 is 2.76 bits per heavy atom. The largest absolute Gasteiger partial charge is 0.455 e. The van der Waals surface area contributed by atoms with Gasteiger partial charge in [-0.05, 0) is 30.7 Å². The van der Waals surface area contributed by atoms with Crippen molar-refractivity contribution >= 4 is 29.2 Å². The third-order valence-electron chi connectivity index (χ3n) is 3.27. The summed E-state index contributed by atoms with van der Waals surface area (Å²) < 4.78 is 4.84. The Bertz CT molecular complexity index is 497. The molecule has 1 aromatic heterocycles. The summed E-state index contributed by atoms with van der Waals surface area (Å²) in [6.07, 6.45) is 3.39. The number of thiophene rings is 1. The Morgan fingerprint density at radius 2 is 2.14 bits per heavy atom. The predicted octanol–water partition coefficient (Wildman–Crippen LogP) is 1.46. The monoisotopic (exact) mass is 310 g/mol. The first-order valence-electron chi connectivity index (χ1n) is 6.92. The molecule has 21 heavy (non-hydrogen) atoms. The Balaban J connectivity index is 1.56. The molecule has 7 heteroatoms. The van der Waals surface area contributed by atoms with Gasteiger partial charge in [-0.25, -0.2) is 4.79 Å². The Labute approximate surface area is 126 Å². The van der Waals surface area contributed by atoms with E-state index in [-0.39, 0.29) is 11.9 Å². The van der Waals surface area contributed by atoms with E-state index in [1.807, 2.05) is 17.5 Å². The lowest BCUT2D eigenvalue weighted by Gasteiger charge is -2.22. The number of urea groups is 1. The average molecular weight is 310 g/mol. The molecule has 0 radical (unpaired) electrons. The third kappa shape index (κ3) is 5.18. The zero-order valence-corrected chi connectivity index (χ0v) is 12.4. The topological polar surface area (TPSA) is 84.5 Å². The van der Waals surface area contributed by atoms with Gasteiger partial charge in [-0.3, -0.25) is 14.9 Å². The van der Waals surface area contributed by atoms with Crippen LogP contribution < -0.4 is 10.6 Å². The zero-order chi connectivity index (χ0) is 15.1. The van der Waals surface area contributed by atoms with E-state index in [1.165, 1.54) is 0 Å². The van der Waals surface area contributed by atoms with Crippen molar-refractivity contribution in [2.45, 2.75) is 25.7 Å². The molecule has 0 aromatic carbocycles. The molecule has 0 aliphatic heterocycles. The van der Waals surface area contributed by atoms with Crippen LogP contribution >= 0.6 is 11.3 Å². The number of hydrogen-bond acceptors (Lipinski definition) is 5. The highest BCUT2D eigenvalue weighted by molar-refractivity contribution is 7.09. The fraction of sp³-hybridized carbons (Fsp3) is 0.500. The van der Waals surface area contributed by atoms with Crippen LogP contribution in [0, 0.1) is 5.92 Å². The summed E-state index contributed by atoms with van der Waals surface area (Å²) in [6, 6.07) is 3.35. The molecule has 1 saturated carbocycles. The van der Waals surface area contributed by atoms with Gasteiger partial charge in [0.2, 0.25) is 0 Å².